The van der Waals surface area contributed by atoms with Gasteiger partial charge in [0.25, 0.3) is 0 Å². The van der Waals surface area contributed by atoms with Crippen LogP contribution in [0.25, 0.3) is 0 Å². The fourth-order valence-electron chi connectivity index (χ4n) is 1.62. The average molecular weight is 275 g/mol. The first-order valence-corrected chi connectivity index (χ1v) is 5.65. The second-order valence-corrected chi connectivity index (χ2v) is 4.10. The molecule has 1 aliphatic heterocycles. The highest BCUT2D eigenvalue weighted by Crippen LogP contribution is 2.22. The maximum absolute atomic E-state index is 9.65. The van der Waals surface area contributed by atoms with E-state index in [9.17, 15) is 15.3 Å². The third-order valence-corrected chi connectivity index (χ3v) is 2.75. The van der Waals surface area contributed by atoms with Gasteiger partial charge in [0.2, 0.25) is 0 Å². The number of nitriles is 1. The standard InChI is InChI=1S/C11H17NO7/c12-2-1-6(3-13)5-18-11-10(17)9(16)8(15)7(4-14)19-11/h1,7-11,13-17H,3-5H2. The molecule has 5 N–H and O–H groups in total. The molecule has 0 saturated carbocycles. The van der Waals surface area contributed by atoms with Gasteiger partial charge in [0, 0.05) is 6.08 Å². The molecule has 5 unspecified atom stereocenters. The van der Waals surface area contributed by atoms with Crippen molar-refractivity contribution in [3.05, 3.63) is 11.6 Å². The van der Waals surface area contributed by atoms with E-state index in [1.807, 2.05) is 0 Å². The Labute approximate surface area is 109 Å². The van der Waals surface area contributed by atoms with Crippen LogP contribution >= 0.6 is 0 Å². The van der Waals surface area contributed by atoms with Gasteiger partial charge in [-0.2, -0.15) is 5.26 Å². The number of aliphatic hydroxyl groups excluding tert-OH is 5. The monoisotopic (exact) mass is 275 g/mol. The number of hydrogen-bond acceptors (Lipinski definition) is 8. The maximum atomic E-state index is 9.65. The molecule has 0 radical (unpaired) electrons. The highest BCUT2D eigenvalue weighted by Gasteiger charge is 2.43. The van der Waals surface area contributed by atoms with Crippen LogP contribution < -0.4 is 0 Å². The molecule has 1 heterocycles. The molecule has 0 aromatic carbocycles. The molecule has 108 valence electrons. The molecule has 1 saturated heterocycles. The Morgan fingerprint density at radius 2 is 1.89 bits per heavy atom. The smallest absolute Gasteiger partial charge is 0.187 e. The van der Waals surface area contributed by atoms with Gasteiger partial charge in [0.1, 0.15) is 24.4 Å². The van der Waals surface area contributed by atoms with Crippen LogP contribution in [0.3, 0.4) is 0 Å². The molecular weight excluding hydrogens is 258 g/mol. The number of allylic oxidation sites excluding steroid dienone is 1. The molecule has 1 fully saturated rings. The van der Waals surface area contributed by atoms with Crippen molar-refractivity contribution in [1.82, 2.24) is 0 Å². The van der Waals surface area contributed by atoms with E-state index < -0.39 is 43.9 Å². The predicted molar refractivity (Wildman–Crippen MR) is 60.5 cm³/mol. The van der Waals surface area contributed by atoms with Gasteiger partial charge in [0.05, 0.1) is 25.9 Å². The molecule has 0 aromatic heterocycles. The first kappa shape index (κ1) is 16.0. The number of hydrogen-bond donors (Lipinski definition) is 5. The summed E-state index contributed by atoms with van der Waals surface area (Å²) in [7, 11) is 0. The van der Waals surface area contributed by atoms with Gasteiger partial charge < -0.3 is 35.0 Å². The summed E-state index contributed by atoms with van der Waals surface area (Å²) >= 11 is 0. The third kappa shape index (κ3) is 3.95. The first-order chi connectivity index (χ1) is 9.04. The molecule has 0 aliphatic carbocycles. The number of aliphatic hydroxyl groups is 5. The van der Waals surface area contributed by atoms with Crippen molar-refractivity contribution in [2.24, 2.45) is 0 Å². The summed E-state index contributed by atoms with van der Waals surface area (Å²) in [6.45, 7) is -1.14. The van der Waals surface area contributed by atoms with Crippen LogP contribution in [-0.2, 0) is 9.47 Å². The zero-order valence-electron chi connectivity index (χ0n) is 10.1. The number of rotatable bonds is 5. The van der Waals surface area contributed by atoms with Crippen LogP contribution in [0.5, 0.6) is 0 Å². The summed E-state index contributed by atoms with van der Waals surface area (Å²) in [5.74, 6) is 0. The summed E-state index contributed by atoms with van der Waals surface area (Å²) in [4.78, 5) is 0. The molecule has 8 nitrogen and oxygen atoms in total. The SMILES string of the molecule is N#CC=C(CO)COC1OC(CO)C(O)C(O)C1O. The molecule has 0 amide bonds. The Balaban J connectivity index is 2.62. The second-order valence-electron chi connectivity index (χ2n) is 4.10. The van der Waals surface area contributed by atoms with Gasteiger partial charge >= 0.3 is 0 Å². The van der Waals surface area contributed by atoms with Crippen LogP contribution in [-0.4, -0.2) is 76.1 Å². The summed E-state index contributed by atoms with van der Waals surface area (Å²) in [5, 5.41) is 55.0. The molecule has 0 aromatic rings. The fraction of sp³-hybridized carbons (Fsp3) is 0.727. The van der Waals surface area contributed by atoms with Gasteiger partial charge in [0.15, 0.2) is 6.29 Å². The van der Waals surface area contributed by atoms with Crippen molar-refractivity contribution in [3.63, 3.8) is 0 Å². The van der Waals surface area contributed by atoms with E-state index in [0.29, 0.717) is 0 Å². The largest absolute Gasteiger partial charge is 0.394 e. The van der Waals surface area contributed by atoms with E-state index in [2.05, 4.69) is 0 Å². The Hall–Kier alpha value is -1.05. The van der Waals surface area contributed by atoms with Crippen LogP contribution in [0.15, 0.2) is 11.6 Å². The Bertz CT molecular complexity index is 351. The highest BCUT2D eigenvalue weighted by molar-refractivity contribution is 5.14. The minimum absolute atomic E-state index is 0.188. The van der Waals surface area contributed by atoms with Crippen LogP contribution in [0, 0.1) is 11.3 Å². The Morgan fingerprint density at radius 3 is 2.42 bits per heavy atom. The van der Waals surface area contributed by atoms with E-state index >= 15 is 0 Å². The van der Waals surface area contributed by atoms with Crippen molar-refractivity contribution in [1.29, 1.82) is 5.26 Å². The van der Waals surface area contributed by atoms with E-state index in [4.69, 9.17) is 24.9 Å². The molecule has 1 aliphatic rings. The normalized spacial score (nSPS) is 36.0. The van der Waals surface area contributed by atoms with Crippen LogP contribution in [0.4, 0.5) is 0 Å². The topological polar surface area (TPSA) is 143 Å². The quantitative estimate of drug-likeness (QED) is 0.340. The zero-order chi connectivity index (χ0) is 14.4. The molecule has 5 atom stereocenters. The van der Waals surface area contributed by atoms with Crippen LogP contribution in [0.1, 0.15) is 0 Å². The Morgan fingerprint density at radius 1 is 1.21 bits per heavy atom. The van der Waals surface area contributed by atoms with Crippen molar-refractivity contribution < 1.29 is 35.0 Å². The molecule has 0 spiro atoms. The molecule has 1 rings (SSSR count). The summed E-state index contributed by atoms with van der Waals surface area (Å²) in [6.07, 6.45) is -5.71. The maximum Gasteiger partial charge on any atom is 0.187 e. The lowest BCUT2D eigenvalue weighted by Gasteiger charge is -2.39. The molecular formula is C11H17NO7. The minimum atomic E-state index is -1.52. The van der Waals surface area contributed by atoms with E-state index in [1.165, 1.54) is 0 Å². The lowest BCUT2D eigenvalue weighted by Crippen LogP contribution is -2.59. The van der Waals surface area contributed by atoms with Gasteiger partial charge in [-0.25, -0.2) is 0 Å². The minimum Gasteiger partial charge on any atom is -0.394 e. The summed E-state index contributed by atoms with van der Waals surface area (Å²) < 4.78 is 10.2. The lowest BCUT2D eigenvalue weighted by atomic mass is 9.99. The van der Waals surface area contributed by atoms with Crippen molar-refractivity contribution in [2.45, 2.75) is 30.7 Å². The lowest BCUT2D eigenvalue weighted by molar-refractivity contribution is -0.299. The molecule has 19 heavy (non-hydrogen) atoms. The summed E-state index contributed by atoms with van der Waals surface area (Å²) in [5.41, 5.74) is 0.263. The zero-order valence-corrected chi connectivity index (χ0v) is 10.1. The second kappa shape index (κ2) is 7.52. The van der Waals surface area contributed by atoms with Gasteiger partial charge in [-0.3, -0.25) is 0 Å². The van der Waals surface area contributed by atoms with Gasteiger partial charge in [-0.15, -0.1) is 0 Å². The van der Waals surface area contributed by atoms with E-state index in [0.717, 1.165) is 6.08 Å². The first-order valence-electron chi connectivity index (χ1n) is 5.65. The van der Waals surface area contributed by atoms with Crippen LogP contribution in [0.2, 0.25) is 0 Å². The predicted octanol–water partition coefficient (Wildman–Crippen LogP) is -2.75. The van der Waals surface area contributed by atoms with Crippen molar-refractivity contribution in [3.8, 4) is 6.07 Å². The third-order valence-electron chi connectivity index (χ3n) is 2.75. The number of ether oxygens (including phenoxy) is 2. The van der Waals surface area contributed by atoms with Gasteiger partial charge in [-0.05, 0) is 5.57 Å². The van der Waals surface area contributed by atoms with E-state index in [1.54, 1.807) is 6.07 Å². The summed E-state index contributed by atoms with van der Waals surface area (Å²) in [6, 6.07) is 1.72. The van der Waals surface area contributed by atoms with Gasteiger partial charge in [-0.1, -0.05) is 0 Å². The number of nitrogens with zero attached hydrogens (tertiary/aromatic N) is 1. The molecule has 8 heteroatoms. The Kier molecular flexibility index (Phi) is 6.33. The fourth-order valence-corrected chi connectivity index (χ4v) is 1.62. The van der Waals surface area contributed by atoms with Crippen molar-refractivity contribution in [2.75, 3.05) is 19.8 Å². The highest BCUT2D eigenvalue weighted by atomic mass is 16.7. The molecule has 0 bridgehead atoms. The average Bonchev–Trinajstić information content (AvgIpc) is 2.42. The van der Waals surface area contributed by atoms with E-state index in [-0.39, 0.29) is 12.2 Å². The van der Waals surface area contributed by atoms with Crippen molar-refractivity contribution >= 4 is 0 Å².